The first-order valence-corrected chi connectivity index (χ1v) is 9.99. The van der Waals surface area contributed by atoms with Gasteiger partial charge in [-0.1, -0.05) is 29.3 Å². The van der Waals surface area contributed by atoms with Crippen molar-refractivity contribution in [3.63, 3.8) is 0 Å². The molecule has 0 saturated carbocycles. The van der Waals surface area contributed by atoms with Crippen LogP contribution in [0.15, 0.2) is 39.5 Å². The molecule has 0 unspecified atom stereocenters. The number of nitriles is 1. The summed E-state index contributed by atoms with van der Waals surface area (Å²) in [6.45, 7) is 0. The van der Waals surface area contributed by atoms with E-state index in [1.807, 2.05) is 6.07 Å². The Hall–Kier alpha value is -3.93. The fourth-order valence-corrected chi connectivity index (χ4v) is 4.08. The monoisotopic (exact) mass is 485 g/mol. The van der Waals surface area contributed by atoms with Crippen LogP contribution in [-0.2, 0) is 0 Å². The minimum Gasteiger partial charge on any atom is -0.503 e. The zero-order valence-electron chi connectivity index (χ0n) is 17.0. The minimum atomic E-state index is -1.29. The molecule has 2 aromatic rings. The first kappa shape index (κ1) is 22.3. The number of carboxylic acid groups (broad SMARTS) is 1. The molecule has 1 aliphatic heterocycles. The second-order valence-corrected chi connectivity index (χ2v) is 7.63. The SMILES string of the molecule is COc1cc2c(-c3ccc(C#N)cc3C(=O)O)c3cc(OC)c(=O)c(Cl)c-3oc2c(Cl)c1O. The molecule has 0 saturated heterocycles. The second kappa shape index (κ2) is 8.20. The Kier molecular flexibility index (Phi) is 5.54. The summed E-state index contributed by atoms with van der Waals surface area (Å²) in [6, 6.07) is 8.82. The van der Waals surface area contributed by atoms with Crippen LogP contribution in [0.5, 0.6) is 17.2 Å². The summed E-state index contributed by atoms with van der Waals surface area (Å²) in [5.74, 6) is -1.87. The fourth-order valence-electron chi connectivity index (χ4n) is 3.61. The van der Waals surface area contributed by atoms with Gasteiger partial charge in [0.15, 0.2) is 28.6 Å². The fraction of sp³-hybridized carbons (Fsp3) is 0.0870. The van der Waals surface area contributed by atoms with Crippen LogP contribution in [0.3, 0.4) is 0 Å². The Morgan fingerprint density at radius 1 is 1.06 bits per heavy atom. The number of halogens is 2. The van der Waals surface area contributed by atoms with Crippen molar-refractivity contribution in [1.82, 2.24) is 0 Å². The van der Waals surface area contributed by atoms with Gasteiger partial charge in [0.25, 0.3) is 0 Å². The molecule has 166 valence electrons. The molecule has 1 aliphatic carbocycles. The van der Waals surface area contributed by atoms with Gasteiger partial charge in [-0.3, -0.25) is 4.79 Å². The first-order valence-electron chi connectivity index (χ1n) is 9.23. The smallest absolute Gasteiger partial charge is 0.336 e. The lowest BCUT2D eigenvalue weighted by atomic mass is 9.89. The van der Waals surface area contributed by atoms with Crippen molar-refractivity contribution >= 4 is 40.1 Å². The van der Waals surface area contributed by atoms with Gasteiger partial charge >= 0.3 is 5.97 Å². The number of methoxy groups -OCH3 is 2. The van der Waals surface area contributed by atoms with Gasteiger partial charge in [-0.15, -0.1) is 0 Å². The molecule has 0 atom stereocenters. The molecule has 4 rings (SSSR count). The van der Waals surface area contributed by atoms with Crippen molar-refractivity contribution < 1.29 is 28.9 Å². The Morgan fingerprint density at radius 2 is 1.76 bits per heavy atom. The summed E-state index contributed by atoms with van der Waals surface area (Å²) in [5.41, 5.74) is -0.0396. The van der Waals surface area contributed by atoms with Crippen LogP contribution < -0.4 is 14.9 Å². The van der Waals surface area contributed by atoms with Gasteiger partial charge in [0, 0.05) is 16.5 Å². The van der Waals surface area contributed by atoms with Crippen LogP contribution in [-0.4, -0.2) is 30.4 Å². The maximum absolute atomic E-state index is 12.6. The second-order valence-electron chi connectivity index (χ2n) is 6.87. The first-order chi connectivity index (χ1) is 15.7. The molecule has 8 nitrogen and oxygen atoms in total. The number of carbonyl (C=O) groups is 1. The van der Waals surface area contributed by atoms with Gasteiger partial charge in [0.1, 0.15) is 10.0 Å². The topological polar surface area (TPSA) is 130 Å². The van der Waals surface area contributed by atoms with E-state index in [1.165, 1.54) is 44.6 Å². The normalized spacial score (nSPS) is 10.9. The largest absolute Gasteiger partial charge is 0.503 e. The van der Waals surface area contributed by atoms with Crippen LogP contribution in [0.4, 0.5) is 0 Å². The van der Waals surface area contributed by atoms with Crippen molar-refractivity contribution in [3.05, 3.63) is 61.7 Å². The highest BCUT2D eigenvalue weighted by atomic mass is 35.5. The number of hydrogen-bond donors (Lipinski definition) is 2. The molecule has 2 N–H and O–H groups in total. The molecule has 2 aliphatic rings. The zero-order valence-corrected chi connectivity index (χ0v) is 18.5. The van der Waals surface area contributed by atoms with Crippen LogP contribution >= 0.6 is 23.2 Å². The minimum absolute atomic E-state index is 0.00678. The Labute approximate surface area is 196 Å². The summed E-state index contributed by atoms with van der Waals surface area (Å²) in [4.78, 5) is 24.7. The van der Waals surface area contributed by atoms with Crippen LogP contribution in [0.25, 0.3) is 33.4 Å². The number of aromatic hydroxyl groups is 1. The number of nitrogens with zero attached hydrogens (tertiary/aromatic N) is 1. The number of rotatable bonds is 4. The summed E-state index contributed by atoms with van der Waals surface area (Å²) in [7, 11) is 2.61. The highest BCUT2D eigenvalue weighted by Crippen LogP contribution is 2.50. The number of benzene rings is 3. The standard InChI is InChI=1S/C23H13Cl2NO7/c1-31-14-6-12-16(10-4-3-9(8-26)5-11(10)23(29)30)13-7-15(32-2)20(28)18(25)22(13)33-21(12)17(24)19(14)27/h3-7,27H,1-2H3,(H,29,30). The molecule has 0 spiro atoms. The Balaban J connectivity index is 2.33. The summed E-state index contributed by atoms with van der Waals surface area (Å²) in [5, 5.41) is 29.2. The number of hydrogen-bond acceptors (Lipinski definition) is 7. The quantitative estimate of drug-likeness (QED) is 0.378. The van der Waals surface area contributed by atoms with Crippen molar-refractivity contribution in [1.29, 1.82) is 5.26 Å². The Bertz CT molecular complexity index is 1540. The molecule has 10 heteroatoms. The van der Waals surface area contributed by atoms with Gasteiger partial charge in [-0.05, 0) is 29.8 Å². The maximum Gasteiger partial charge on any atom is 0.336 e. The van der Waals surface area contributed by atoms with Gasteiger partial charge < -0.3 is 24.1 Å². The Morgan fingerprint density at radius 3 is 2.36 bits per heavy atom. The van der Waals surface area contributed by atoms with Crippen molar-refractivity contribution in [2.24, 2.45) is 0 Å². The molecule has 2 aromatic carbocycles. The van der Waals surface area contributed by atoms with Crippen molar-refractivity contribution in [2.45, 2.75) is 0 Å². The third-order valence-electron chi connectivity index (χ3n) is 5.13. The van der Waals surface area contributed by atoms with Gasteiger partial charge in [0.05, 0.1) is 31.4 Å². The molecule has 0 bridgehead atoms. The molecule has 1 heterocycles. The molecular weight excluding hydrogens is 473 g/mol. The van der Waals surface area contributed by atoms with E-state index in [0.717, 1.165) is 0 Å². The zero-order chi connectivity index (χ0) is 24.0. The van der Waals surface area contributed by atoms with E-state index in [1.54, 1.807) is 0 Å². The molecule has 0 radical (unpaired) electrons. The van der Waals surface area contributed by atoms with Gasteiger partial charge in [-0.25, -0.2) is 4.79 Å². The van der Waals surface area contributed by atoms with Crippen LogP contribution in [0, 0.1) is 11.3 Å². The lowest BCUT2D eigenvalue weighted by Gasteiger charge is -2.20. The number of phenolic OH excluding ortho intramolecular Hbond substituents is 1. The van der Waals surface area contributed by atoms with Crippen LogP contribution in [0.2, 0.25) is 10.0 Å². The third kappa shape index (κ3) is 3.39. The van der Waals surface area contributed by atoms with E-state index in [4.69, 9.17) is 37.1 Å². The van der Waals surface area contributed by atoms with E-state index in [2.05, 4.69) is 0 Å². The summed E-state index contributed by atoms with van der Waals surface area (Å²) < 4.78 is 16.2. The van der Waals surface area contributed by atoms with Gasteiger partial charge in [-0.2, -0.15) is 5.26 Å². The number of carboxylic acids is 1. The summed E-state index contributed by atoms with van der Waals surface area (Å²) in [6.07, 6.45) is 0. The molecule has 0 fully saturated rings. The lowest BCUT2D eigenvalue weighted by Crippen LogP contribution is -2.09. The molecule has 0 amide bonds. The number of fused-ring (bicyclic) bond motifs is 2. The van der Waals surface area contributed by atoms with E-state index in [-0.39, 0.29) is 66.1 Å². The van der Waals surface area contributed by atoms with Gasteiger partial charge in [0.2, 0.25) is 5.43 Å². The molecule has 33 heavy (non-hydrogen) atoms. The van der Waals surface area contributed by atoms with Crippen molar-refractivity contribution in [2.75, 3.05) is 14.2 Å². The average molecular weight is 486 g/mol. The third-order valence-corrected chi connectivity index (χ3v) is 5.83. The number of aromatic carboxylic acids is 1. The van der Waals surface area contributed by atoms with E-state index in [0.29, 0.717) is 0 Å². The molecular formula is C23H13Cl2NO7. The van der Waals surface area contributed by atoms with E-state index >= 15 is 0 Å². The summed E-state index contributed by atoms with van der Waals surface area (Å²) >= 11 is 12.6. The predicted octanol–water partition coefficient (Wildman–Crippen LogP) is 5.16. The highest BCUT2D eigenvalue weighted by Gasteiger charge is 2.29. The van der Waals surface area contributed by atoms with E-state index in [9.17, 15) is 25.1 Å². The predicted molar refractivity (Wildman–Crippen MR) is 121 cm³/mol. The average Bonchev–Trinajstić information content (AvgIpc) is 2.82. The number of ether oxygens (including phenoxy) is 2. The maximum atomic E-state index is 12.6. The number of phenols is 1. The van der Waals surface area contributed by atoms with E-state index < -0.39 is 17.1 Å². The lowest BCUT2D eigenvalue weighted by molar-refractivity contribution is 0.0697. The van der Waals surface area contributed by atoms with Crippen molar-refractivity contribution in [3.8, 4) is 45.8 Å². The van der Waals surface area contributed by atoms with Crippen LogP contribution in [0.1, 0.15) is 15.9 Å². The highest BCUT2D eigenvalue weighted by molar-refractivity contribution is 6.38. The molecule has 0 aromatic heterocycles.